The van der Waals surface area contributed by atoms with Crippen molar-refractivity contribution in [3.05, 3.63) is 17.7 Å². The second kappa shape index (κ2) is 6.52. The van der Waals surface area contributed by atoms with Crippen LogP contribution in [-0.2, 0) is 12.8 Å². The van der Waals surface area contributed by atoms with Gasteiger partial charge in [0.2, 0.25) is 0 Å². The molecule has 3 N–H and O–H groups in total. The highest BCUT2D eigenvalue weighted by Gasteiger charge is 2.22. The monoisotopic (exact) mass is 294 g/mol. The lowest BCUT2D eigenvalue weighted by molar-refractivity contribution is 0.238. The van der Waals surface area contributed by atoms with E-state index in [9.17, 15) is 4.79 Å². The van der Waals surface area contributed by atoms with Crippen molar-refractivity contribution in [3.8, 4) is 0 Å². The molecule has 0 aliphatic heterocycles. The first kappa shape index (κ1) is 13.8. The summed E-state index contributed by atoms with van der Waals surface area (Å²) in [7, 11) is 0. The highest BCUT2D eigenvalue weighted by Crippen LogP contribution is 2.25. The van der Waals surface area contributed by atoms with Gasteiger partial charge in [0.15, 0.2) is 0 Å². The van der Waals surface area contributed by atoms with Gasteiger partial charge in [-0.3, -0.25) is 4.72 Å². The summed E-state index contributed by atoms with van der Waals surface area (Å²) in [6, 6.07) is 0.340. The minimum Gasteiger partial charge on any atom is -0.348 e. The Morgan fingerprint density at radius 1 is 1.30 bits per heavy atom. The second-order valence-corrected chi connectivity index (χ2v) is 6.83. The first-order valence-corrected chi connectivity index (χ1v) is 8.42. The van der Waals surface area contributed by atoms with Crippen LogP contribution in [0.25, 0.3) is 0 Å². The molecule has 1 heterocycles. The van der Waals surface area contributed by atoms with E-state index in [1.54, 1.807) is 18.3 Å². The maximum Gasteiger partial charge on any atom is 0.324 e. The number of carbonyl (C=O) groups excluding carboxylic acids is 1. The molecule has 110 valence electrons. The van der Waals surface area contributed by atoms with Crippen molar-refractivity contribution in [1.82, 2.24) is 20.0 Å². The van der Waals surface area contributed by atoms with Crippen LogP contribution in [0.1, 0.15) is 49.9 Å². The summed E-state index contributed by atoms with van der Waals surface area (Å²) < 4.78 is 2.95. The minimum absolute atomic E-state index is 0.0303. The topological polar surface area (TPSA) is 69.8 Å². The SMILES string of the molecule is O=C(NSC1CCc2nc[nH]c2C1)NC1CCCCC1. The molecule has 20 heavy (non-hydrogen) atoms. The number of imidazole rings is 1. The van der Waals surface area contributed by atoms with Crippen molar-refractivity contribution < 1.29 is 4.79 Å². The first-order valence-electron chi connectivity index (χ1n) is 7.54. The lowest BCUT2D eigenvalue weighted by atomic mass is 9.96. The number of nitrogens with one attached hydrogen (secondary N) is 3. The Morgan fingerprint density at radius 2 is 2.15 bits per heavy atom. The molecule has 2 aliphatic carbocycles. The van der Waals surface area contributed by atoms with Gasteiger partial charge in [-0.15, -0.1) is 0 Å². The van der Waals surface area contributed by atoms with Crippen LogP contribution < -0.4 is 10.0 Å². The zero-order chi connectivity index (χ0) is 13.8. The molecule has 0 radical (unpaired) electrons. The molecular weight excluding hydrogens is 272 g/mol. The average Bonchev–Trinajstić information content (AvgIpc) is 2.93. The standard InChI is InChI=1S/C14H22N4OS/c19-14(17-10-4-2-1-3-5-10)18-20-11-6-7-12-13(8-11)16-9-15-12/h9-11H,1-8H2,(H,15,16)(H2,17,18,19). The quantitative estimate of drug-likeness (QED) is 0.750. The number of fused-ring (bicyclic) bond motifs is 1. The van der Waals surface area contributed by atoms with Crippen LogP contribution in [0.5, 0.6) is 0 Å². The van der Waals surface area contributed by atoms with Crippen molar-refractivity contribution in [3.63, 3.8) is 0 Å². The lowest BCUT2D eigenvalue weighted by Gasteiger charge is -2.24. The van der Waals surface area contributed by atoms with E-state index in [1.165, 1.54) is 30.7 Å². The molecule has 1 aromatic rings. The van der Waals surface area contributed by atoms with Crippen molar-refractivity contribution in [2.45, 2.75) is 62.7 Å². The number of aromatic nitrogens is 2. The van der Waals surface area contributed by atoms with Crippen LogP contribution in [0.15, 0.2) is 6.33 Å². The summed E-state index contributed by atoms with van der Waals surface area (Å²) in [5.41, 5.74) is 2.41. The number of rotatable bonds is 3. The van der Waals surface area contributed by atoms with Gasteiger partial charge in [0.05, 0.1) is 12.0 Å². The molecule has 3 rings (SSSR count). The van der Waals surface area contributed by atoms with Crippen molar-refractivity contribution in [1.29, 1.82) is 0 Å². The third-order valence-electron chi connectivity index (χ3n) is 4.20. The van der Waals surface area contributed by atoms with Gasteiger partial charge in [0, 0.05) is 23.4 Å². The van der Waals surface area contributed by atoms with Crippen LogP contribution in [0.4, 0.5) is 4.79 Å². The van der Waals surface area contributed by atoms with Gasteiger partial charge in [0.1, 0.15) is 0 Å². The van der Waals surface area contributed by atoms with E-state index in [0.717, 1.165) is 32.1 Å². The fourth-order valence-corrected chi connectivity index (χ4v) is 3.89. The van der Waals surface area contributed by atoms with E-state index in [1.807, 2.05) is 0 Å². The van der Waals surface area contributed by atoms with E-state index in [-0.39, 0.29) is 6.03 Å². The summed E-state index contributed by atoms with van der Waals surface area (Å²) >= 11 is 1.55. The summed E-state index contributed by atoms with van der Waals surface area (Å²) in [6.07, 6.45) is 10.8. The molecule has 2 amide bonds. The predicted octanol–water partition coefficient (Wildman–Crippen LogP) is 2.55. The molecule has 0 bridgehead atoms. The molecule has 6 heteroatoms. The molecule has 1 aromatic heterocycles. The first-order chi connectivity index (χ1) is 9.81. The third-order valence-corrected chi connectivity index (χ3v) is 5.24. The van der Waals surface area contributed by atoms with Crippen LogP contribution in [0.3, 0.4) is 0 Å². The predicted molar refractivity (Wildman–Crippen MR) is 80.5 cm³/mol. The zero-order valence-corrected chi connectivity index (χ0v) is 12.5. The van der Waals surface area contributed by atoms with E-state index < -0.39 is 0 Å². The Morgan fingerprint density at radius 3 is 3.00 bits per heavy atom. The minimum atomic E-state index is -0.0303. The number of aryl methyl sites for hydroxylation is 1. The van der Waals surface area contributed by atoms with E-state index >= 15 is 0 Å². The zero-order valence-electron chi connectivity index (χ0n) is 11.7. The fourth-order valence-electron chi connectivity index (χ4n) is 3.07. The Balaban J connectivity index is 1.40. The molecule has 5 nitrogen and oxygen atoms in total. The van der Waals surface area contributed by atoms with Gasteiger partial charge < -0.3 is 10.3 Å². The largest absolute Gasteiger partial charge is 0.348 e. The van der Waals surface area contributed by atoms with Gasteiger partial charge in [-0.25, -0.2) is 9.78 Å². The molecule has 1 unspecified atom stereocenters. The van der Waals surface area contributed by atoms with Crippen LogP contribution in [0.2, 0.25) is 0 Å². The Labute approximate surface area is 123 Å². The Hall–Kier alpha value is -1.17. The van der Waals surface area contributed by atoms with Crippen LogP contribution in [0, 0.1) is 0 Å². The molecule has 0 saturated heterocycles. The summed E-state index contributed by atoms with van der Waals surface area (Å²) in [4.78, 5) is 19.4. The summed E-state index contributed by atoms with van der Waals surface area (Å²) in [6.45, 7) is 0. The molecule has 1 fully saturated rings. The van der Waals surface area contributed by atoms with E-state index in [4.69, 9.17) is 0 Å². The average molecular weight is 294 g/mol. The number of hydrogen-bond donors (Lipinski definition) is 3. The molecule has 1 saturated carbocycles. The highest BCUT2D eigenvalue weighted by atomic mass is 32.2. The van der Waals surface area contributed by atoms with Gasteiger partial charge >= 0.3 is 6.03 Å². The van der Waals surface area contributed by atoms with E-state index in [0.29, 0.717) is 11.3 Å². The summed E-state index contributed by atoms with van der Waals surface area (Å²) in [5, 5.41) is 3.53. The fraction of sp³-hybridized carbons (Fsp3) is 0.714. The normalized spacial score (nSPS) is 23.1. The molecule has 0 aromatic carbocycles. The third kappa shape index (κ3) is 3.48. The van der Waals surface area contributed by atoms with Crippen molar-refractivity contribution in [2.24, 2.45) is 0 Å². The number of amides is 2. The van der Waals surface area contributed by atoms with E-state index in [2.05, 4.69) is 20.0 Å². The highest BCUT2D eigenvalue weighted by molar-refractivity contribution is 7.98. The van der Waals surface area contributed by atoms with Gasteiger partial charge in [-0.1, -0.05) is 19.3 Å². The number of hydrogen-bond acceptors (Lipinski definition) is 3. The molecular formula is C14H22N4OS. The lowest BCUT2D eigenvalue weighted by Crippen LogP contribution is -2.41. The number of urea groups is 1. The van der Waals surface area contributed by atoms with Gasteiger partial charge in [-0.05, 0) is 37.6 Å². The number of nitrogens with zero attached hydrogens (tertiary/aromatic N) is 1. The van der Waals surface area contributed by atoms with Gasteiger partial charge in [0.25, 0.3) is 0 Å². The number of H-pyrrole nitrogens is 1. The number of carbonyl (C=O) groups is 1. The maximum absolute atomic E-state index is 11.9. The van der Waals surface area contributed by atoms with Crippen molar-refractivity contribution in [2.75, 3.05) is 0 Å². The Kier molecular flexibility index (Phi) is 4.50. The maximum atomic E-state index is 11.9. The Bertz CT molecular complexity index is 456. The second-order valence-electron chi connectivity index (χ2n) is 5.72. The molecule has 1 atom stereocenters. The molecule has 0 spiro atoms. The van der Waals surface area contributed by atoms with Crippen LogP contribution in [-0.4, -0.2) is 27.3 Å². The van der Waals surface area contributed by atoms with Crippen LogP contribution >= 0.6 is 11.9 Å². The number of aromatic amines is 1. The summed E-state index contributed by atoms with van der Waals surface area (Å²) in [5.74, 6) is 0. The smallest absolute Gasteiger partial charge is 0.324 e. The molecule has 2 aliphatic rings. The van der Waals surface area contributed by atoms with Gasteiger partial charge in [-0.2, -0.15) is 0 Å². The van der Waals surface area contributed by atoms with Crippen molar-refractivity contribution >= 4 is 18.0 Å².